The zero-order chi connectivity index (χ0) is 20.6. The third-order valence-corrected chi connectivity index (χ3v) is 6.78. The first-order chi connectivity index (χ1) is 13.1. The van der Waals surface area contributed by atoms with Gasteiger partial charge in [-0.15, -0.1) is 11.3 Å². The molecule has 0 radical (unpaired) electrons. The summed E-state index contributed by atoms with van der Waals surface area (Å²) in [6, 6.07) is 8.69. The number of ether oxygens (including phenoxy) is 1. The second-order valence-corrected chi connectivity index (χ2v) is 9.15. The number of hydrogen-bond acceptors (Lipinski definition) is 5. The van der Waals surface area contributed by atoms with E-state index in [-0.39, 0.29) is 9.92 Å². The fourth-order valence-corrected chi connectivity index (χ4v) is 4.73. The summed E-state index contributed by atoms with van der Waals surface area (Å²) >= 11 is 7.43. The van der Waals surface area contributed by atoms with E-state index in [1.807, 2.05) is 43.0 Å². The molecule has 0 atom stereocenters. The first kappa shape index (κ1) is 20.6. The number of halogens is 1. The fourth-order valence-electron chi connectivity index (χ4n) is 2.74. The Morgan fingerprint density at radius 3 is 2.50 bits per heavy atom. The molecule has 148 valence electrons. The minimum absolute atomic E-state index is 0.0916. The SMILES string of the molecule is COc1cc(C)c(C)cc1N=c1scc(-c2ccc(Cl)c(S(N)(=O)=O)c2)n1C. The number of thiazole rings is 1. The highest BCUT2D eigenvalue weighted by molar-refractivity contribution is 7.89. The number of nitrogens with zero attached hydrogens (tertiary/aromatic N) is 2. The van der Waals surface area contributed by atoms with Crippen LogP contribution in [0.3, 0.4) is 0 Å². The lowest BCUT2D eigenvalue weighted by atomic mass is 10.1. The van der Waals surface area contributed by atoms with Crippen molar-refractivity contribution in [2.75, 3.05) is 7.11 Å². The topological polar surface area (TPSA) is 86.7 Å². The summed E-state index contributed by atoms with van der Waals surface area (Å²) in [7, 11) is -0.433. The zero-order valence-corrected chi connectivity index (χ0v) is 18.2. The molecule has 3 rings (SSSR count). The molecule has 0 unspecified atom stereocenters. The first-order valence-corrected chi connectivity index (χ1v) is 11.1. The fraction of sp³-hybridized carbons (Fsp3) is 0.211. The Morgan fingerprint density at radius 1 is 1.18 bits per heavy atom. The monoisotopic (exact) mass is 437 g/mol. The van der Waals surface area contributed by atoms with Gasteiger partial charge in [-0.2, -0.15) is 0 Å². The predicted molar refractivity (Wildman–Crippen MR) is 113 cm³/mol. The van der Waals surface area contributed by atoms with Crippen LogP contribution in [-0.4, -0.2) is 20.1 Å². The van der Waals surface area contributed by atoms with E-state index in [1.54, 1.807) is 13.2 Å². The van der Waals surface area contributed by atoms with Crippen LogP contribution >= 0.6 is 22.9 Å². The Labute approximate surface area is 172 Å². The second-order valence-electron chi connectivity index (χ2n) is 6.37. The summed E-state index contributed by atoms with van der Waals surface area (Å²) in [5.41, 5.74) is 4.46. The molecule has 0 spiro atoms. The van der Waals surface area contributed by atoms with Crippen molar-refractivity contribution in [1.29, 1.82) is 0 Å². The van der Waals surface area contributed by atoms with Gasteiger partial charge in [-0.3, -0.25) is 0 Å². The normalized spacial score (nSPS) is 12.4. The highest BCUT2D eigenvalue weighted by Crippen LogP contribution is 2.31. The van der Waals surface area contributed by atoms with E-state index in [9.17, 15) is 8.42 Å². The van der Waals surface area contributed by atoms with Gasteiger partial charge >= 0.3 is 0 Å². The smallest absolute Gasteiger partial charge is 0.239 e. The van der Waals surface area contributed by atoms with Crippen LogP contribution < -0.4 is 14.7 Å². The molecule has 0 saturated heterocycles. The molecule has 3 aromatic rings. The molecular weight excluding hydrogens is 418 g/mol. The molecule has 9 heteroatoms. The van der Waals surface area contributed by atoms with Gasteiger partial charge in [0.15, 0.2) is 4.80 Å². The van der Waals surface area contributed by atoms with Crippen LogP contribution in [0.5, 0.6) is 5.75 Å². The van der Waals surface area contributed by atoms with E-state index in [2.05, 4.69) is 0 Å². The van der Waals surface area contributed by atoms with Crippen molar-refractivity contribution in [2.45, 2.75) is 18.7 Å². The van der Waals surface area contributed by atoms with E-state index < -0.39 is 10.0 Å². The van der Waals surface area contributed by atoms with Gasteiger partial charge in [0.05, 0.1) is 17.8 Å². The van der Waals surface area contributed by atoms with Gasteiger partial charge in [0.25, 0.3) is 0 Å². The van der Waals surface area contributed by atoms with Crippen molar-refractivity contribution in [2.24, 2.45) is 17.2 Å². The number of primary sulfonamides is 1. The maximum Gasteiger partial charge on any atom is 0.239 e. The van der Waals surface area contributed by atoms with Gasteiger partial charge in [-0.25, -0.2) is 18.5 Å². The number of hydrogen-bond donors (Lipinski definition) is 1. The standard InChI is InChI=1S/C19H20ClN3O3S2/c1-11-7-15(17(26-4)8-12(11)2)22-19-23(3)16(10-27-19)13-5-6-14(20)18(9-13)28(21,24)25/h5-10H,1-4H3,(H2,21,24,25). The van der Waals surface area contributed by atoms with Crippen molar-refractivity contribution in [3.8, 4) is 17.0 Å². The largest absolute Gasteiger partial charge is 0.494 e. The summed E-state index contributed by atoms with van der Waals surface area (Å²) in [5, 5.41) is 7.26. The van der Waals surface area contributed by atoms with E-state index >= 15 is 0 Å². The minimum atomic E-state index is -3.91. The lowest BCUT2D eigenvalue weighted by molar-refractivity contribution is 0.415. The van der Waals surface area contributed by atoms with Crippen molar-refractivity contribution < 1.29 is 13.2 Å². The number of aromatic nitrogens is 1. The number of rotatable bonds is 4. The lowest BCUT2D eigenvalue weighted by Crippen LogP contribution is -2.14. The van der Waals surface area contributed by atoms with Crippen molar-refractivity contribution in [1.82, 2.24) is 4.57 Å². The highest BCUT2D eigenvalue weighted by Gasteiger charge is 2.16. The van der Waals surface area contributed by atoms with Gasteiger partial charge in [0, 0.05) is 18.0 Å². The molecule has 0 amide bonds. The third-order valence-electron chi connectivity index (χ3n) is 4.47. The van der Waals surface area contributed by atoms with Crippen LogP contribution in [0.1, 0.15) is 11.1 Å². The van der Waals surface area contributed by atoms with Gasteiger partial charge in [0.1, 0.15) is 16.3 Å². The molecule has 0 saturated carbocycles. The van der Waals surface area contributed by atoms with Crippen LogP contribution in [0, 0.1) is 13.8 Å². The van der Waals surface area contributed by atoms with Crippen LogP contribution in [0.15, 0.2) is 45.6 Å². The predicted octanol–water partition coefficient (Wildman–Crippen LogP) is 3.91. The Hall–Kier alpha value is -2.13. The summed E-state index contributed by atoms with van der Waals surface area (Å²) in [5.74, 6) is 0.695. The third kappa shape index (κ3) is 4.00. The molecule has 0 bridgehead atoms. The van der Waals surface area contributed by atoms with Gasteiger partial charge in [-0.05, 0) is 49.2 Å². The van der Waals surface area contributed by atoms with Crippen LogP contribution in [0.25, 0.3) is 11.3 Å². The van der Waals surface area contributed by atoms with Crippen LogP contribution in [-0.2, 0) is 17.1 Å². The van der Waals surface area contributed by atoms with E-state index in [4.69, 9.17) is 26.5 Å². The Balaban J connectivity index is 2.14. The maximum atomic E-state index is 11.8. The van der Waals surface area contributed by atoms with Crippen LogP contribution in [0.4, 0.5) is 5.69 Å². The van der Waals surface area contributed by atoms with Crippen molar-refractivity contribution in [3.05, 3.63) is 56.7 Å². The molecule has 2 N–H and O–H groups in total. The molecule has 0 fully saturated rings. The minimum Gasteiger partial charge on any atom is -0.494 e. The Kier molecular flexibility index (Phi) is 5.67. The van der Waals surface area contributed by atoms with Crippen molar-refractivity contribution >= 4 is 38.6 Å². The second kappa shape index (κ2) is 7.71. The first-order valence-electron chi connectivity index (χ1n) is 8.29. The molecule has 28 heavy (non-hydrogen) atoms. The van der Waals surface area contributed by atoms with Crippen LogP contribution in [0.2, 0.25) is 5.02 Å². The Morgan fingerprint density at radius 2 is 1.86 bits per heavy atom. The van der Waals surface area contributed by atoms with Gasteiger partial charge in [-0.1, -0.05) is 17.7 Å². The van der Waals surface area contributed by atoms with Crippen molar-refractivity contribution in [3.63, 3.8) is 0 Å². The maximum absolute atomic E-state index is 11.8. The van der Waals surface area contributed by atoms with E-state index in [0.29, 0.717) is 11.3 Å². The summed E-state index contributed by atoms with van der Waals surface area (Å²) in [6.07, 6.45) is 0. The molecule has 2 aromatic carbocycles. The number of nitrogens with two attached hydrogens (primary N) is 1. The lowest BCUT2D eigenvalue weighted by Gasteiger charge is -2.09. The molecule has 1 heterocycles. The zero-order valence-electron chi connectivity index (χ0n) is 15.9. The van der Waals surface area contributed by atoms with E-state index in [1.165, 1.54) is 23.5 Å². The molecular formula is C19H20ClN3O3S2. The number of benzene rings is 2. The number of methoxy groups -OCH3 is 1. The van der Waals surface area contributed by atoms with E-state index in [0.717, 1.165) is 27.3 Å². The molecule has 6 nitrogen and oxygen atoms in total. The average molecular weight is 438 g/mol. The van der Waals surface area contributed by atoms with Gasteiger partial charge in [0.2, 0.25) is 10.0 Å². The molecule has 1 aromatic heterocycles. The number of sulfonamides is 1. The highest BCUT2D eigenvalue weighted by atomic mass is 35.5. The van der Waals surface area contributed by atoms with Gasteiger partial charge < -0.3 is 9.30 Å². The summed E-state index contributed by atoms with van der Waals surface area (Å²) < 4.78 is 30.9. The molecule has 0 aliphatic rings. The summed E-state index contributed by atoms with van der Waals surface area (Å²) in [4.78, 5) is 5.37. The Bertz CT molecular complexity index is 1230. The number of aryl methyl sites for hydroxylation is 2. The quantitative estimate of drug-likeness (QED) is 0.671. The molecule has 0 aliphatic carbocycles. The summed E-state index contributed by atoms with van der Waals surface area (Å²) in [6.45, 7) is 4.05. The molecule has 0 aliphatic heterocycles. The average Bonchev–Trinajstić information content (AvgIpc) is 2.98.